The predicted octanol–water partition coefficient (Wildman–Crippen LogP) is 7.09. The molecule has 2 amide bonds. The summed E-state index contributed by atoms with van der Waals surface area (Å²) in [6.45, 7) is 0. The zero-order valence-electron chi connectivity index (χ0n) is 21.6. The van der Waals surface area contributed by atoms with Crippen molar-refractivity contribution < 1.29 is 23.8 Å². The van der Waals surface area contributed by atoms with Crippen LogP contribution < -0.4 is 24.8 Å². The lowest BCUT2D eigenvalue weighted by molar-refractivity contribution is -0.115. The molecule has 1 atom stereocenters. The lowest BCUT2D eigenvalue weighted by Crippen LogP contribution is -2.19. The molecule has 0 aromatic heterocycles. The predicted molar refractivity (Wildman–Crippen MR) is 156 cm³/mol. The maximum Gasteiger partial charge on any atom is 0.255 e. The number of carbonyl (C=O) groups excluding carboxylic acids is 2. The first-order chi connectivity index (χ1) is 18.9. The fourth-order valence-electron chi connectivity index (χ4n) is 3.84. The highest BCUT2D eigenvalue weighted by Crippen LogP contribution is 2.38. The SMILES string of the molecule is COc1ccc(Cl)cc1NC(=O)C(Sc1cccc(NC(=O)c2ccc(OC)c(OC)c2)c1)c1ccccc1. The molecule has 9 heteroatoms. The normalized spacial score (nSPS) is 11.3. The summed E-state index contributed by atoms with van der Waals surface area (Å²) in [5, 5.41) is 5.75. The summed E-state index contributed by atoms with van der Waals surface area (Å²) in [5.41, 5.74) is 2.31. The molecule has 0 radical (unpaired) electrons. The molecule has 4 aromatic carbocycles. The number of hydrogen-bond donors (Lipinski definition) is 2. The molecule has 1 unspecified atom stereocenters. The minimum absolute atomic E-state index is 0.244. The van der Waals surface area contributed by atoms with E-state index in [-0.39, 0.29) is 11.8 Å². The minimum Gasteiger partial charge on any atom is -0.495 e. The smallest absolute Gasteiger partial charge is 0.255 e. The van der Waals surface area contributed by atoms with Crippen molar-refractivity contribution >= 4 is 46.6 Å². The van der Waals surface area contributed by atoms with Crippen LogP contribution in [-0.4, -0.2) is 33.1 Å². The maximum absolute atomic E-state index is 13.5. The number of rotatable bonds is 10. The standard InChI is InChI=1S/C30H27ClN2O5S/c1-36-25-15-13-21(31)17-24(25)33-30(35)28(19-8-5-4-6-9-19)39-23-11-7-10-22(18-23)32-29(34)20-12-14-26(37-2)27(16-20)38-3/h4-18,28H,1-3H3,(H,32,34)(H,33,35). The topological polar surface area (TPSA) is 85.9 Å². The van der Waals surface area contributed by atoms with Gasteiger partial charge in [0, 0.05) is 21.2 Å². The lowest BCUT2D eigenvalue weighted by atomic mass is 10.1. The van der Waals surface area contributed by atoms with E-state index in [1.165, 1.54) is 33.1 Å². The number of amides is 2. The number of hydrogen-bond acceptors (Lipinski definition) is 6. The number of carbonyl (C=O) groups is 2. The second-order valence-electron chi connectivity index (χ2n) is 8.29. The molecule has 0 bridgehead atoms. The van der Waals surface area contributed by atoms with Crippen molar-refractivity contribution in [2.75, 3.05) is 32.0 Å². The first-order valence-electron chi connectivity index (χ1n) is 11.9. The first kappa shape index (κ1) is 27.9. The number of benzene rings is 4. The van der Waals surface area contributed by atoms with Crippen molar-refractivity contribution in [3.8, 4) is 17.2 Å². The number of nitrogens with one attached hydrogen (secondary N) is 2. The van der Waals surface area contributed by atoms with Gasteiger partial charge in [-0.3, -0.25) is 9.59 Å². The van der Waals surface area contributed by atoms with Crippen LogP contribution >= 0.6 is 23.4 Å². The van der Waals surface area contributed by atoms with Crippen LogP contribution in [-0.2, 0) is 4.79 Å². The molecule has 4 aromatic rings. The Morgan fingerprint density at radius 3 is 2.18 bits per heavy atom. The van der Waals surface area contributed by atoms with Crippen LogP contribution in [0.2, 0.25) is 5.02 Å². The van der Waals surface area contributed by atoms with E-state index in [9.17, 15) is 9.59 Å². The summed E-state index contributed by atoms with van der Waals surface area (Å²) in [5.74, 6) is 0.954. The summed E-state index contributed by atoms with van der Waals surface area (Å²) < 4.78 is 15.9. The molecule has 0 heterocycles. The highest BCUT2D eigenvalue weighted by molar-refractivity contribution is 8.00. The molecule has 0 saturated carbocycles. The number of thioether (sulfide) groups is 1. The van der Waals surface area contributed by atoms with Gasteiger partial charge < -0.3 is 24.8 Å². The molecule has 0 saturated heterocycles. The van der Waals surface area contributed by atoms with E-state index in [1.54, 1.807) is 42.5 Å². The van der Waals surface area contributed by atoms with Gasteiger partial charge in [-0.25, -0.2) is 0 Å². The first-order valence-corrected chi connectivity index (χ1v) is 13.2. The van der Waals surface area contributed by atoms with Crippen LogP contribution in [0, 0.1) is 0 Å². The van der Waals surface area contributed by atoms with E-state index in [1.807, 2.05) is 48.5 Å². The molecule has 0 aliphatic heterocycles. The molecular weight excluding hydrogens is 536 g/mol. The molecule has 7 nitrogen and oxygen atoms in total. The fourth-order valence-corrected chi connectivity index (χ4v) is 5.10. The van der Waals surface area contributed by atoms with Crippen molar-refractivity contribution in [1.29, 1.82) is 0 Å². The largest absolute Gasteiger partial charge is 0.495 e. The van der Waals surface area contributed by atoms with Crippen LogP contribution in [0.25, 0.3) is 0 Å². The Bertz CT molecular complexity index is 1470. The van der Waals surface area contributed by atoms with Gasteiger partial charge in [-0.05, 0) is 60.2 Å². The molecule has 0 aliphatic rings. The highest BCUT2D eigenvalue weighted by atomic mass is 35.5. The quantitative estimate of drug-likeness (QED) is 0.201. The lowest BCUT2D eigenvalue weighted by Gasteiger charge is -2.19. The van der Waals surface area contributed by atoms with Crippen LogP contribution in [0.3, 0.4) is 0 Å². The monoisotopic (exact) mass is 562 g/mol. The molecule has 0 fully saturated rings. The van der Waals surface area contributed by atoms with Crippen molar-refractivity contribution in [2.24, 2.45) is 0 Å². The Kier molecular flexibility index (Phi) is 9.35. The Balaban J connectivity index is 1.56. The summed E-state index contributed by atoms with van der Waals surface area (Å²) in [6.07, 6.45) is 0. The Morgan fingerprint density at radius 2 is 1.46 bits per heavy atom. The van der Waals surface area contributed by atoms with Crippen LogP contribution in [0.15, 0.2) is 95.9 Å². The van der Waals surface area contributed by atoms with E-state index < -0.39 is 5.25 Å². The van der Waals surface area contributed by atoms with Gasteiger partial charge >= 0.3 is 0 Å². The van der Waals surface area contributed by atoms with Crippen molar-refractivity contribution in [1.82, 2.24) is 0 Å². The summed E-state index contributed by atoms with van der Waals surface area (Å²) in [6, 6.07) is 26.8. The highest BCUT2D eigenvalue weighted by Gasteiger charge is 2.24. The molecule has 0 spiro atoms. The molecule has 200 valence electrons. The van der Waals surface area contributed by atoms with Gasteiger partial charge in [-0.1, -0.05) is 48.0 Å². The third kappa shape index (κ3) is 7.04. The Hall–Kier alpha value is -4.14. The van der Waals surface area contributed by atoms with Gasteiger partial charge in [0.2, 0.25) is 5.91 Å². The summed E-state index contributed by atoms with van der Waals surface area (Å²) in [7, 11) is 4.58. The van der Waals surface area contributed by atoms with Gasteiger partial charge in [0.05, 0.1) is 27.0 Å². The van der Waals surface area contributed by atoms with E-state index in [0.29, 0.717) is 39.2 Å². The number of anilines is 2. The van der Waals surface area contributed by atoms with Gasteiger partial charge in [0.1, 0.15) is 11.0 Å². The van der Waals surface area contributed by atoms with Crippen LogP contribution in [0.5, 0.6) is 17.2 Å². The Labute approximate surface area is 236 Å². The van der Waals surface area contributed by atoms with E-state index in [2.05, 4.69) is 10.6 Å². The minimum atomic E-state index is -0.591. The maximum atomic E-state index is 13.5. The Morgan fingerprint density at radius 1 is 0.744 bits per heavy atom. The van der Waals surface area contributed by atoms with Crippen molar-refractivity contribution in [2.45, 2.75) is 10.1 Å². The average Bonchev–Trinajstić information content (AvgIpc) is 2.96. The van der Waals surface area contributed by atoms with Crippen molar-refractivity contribution in [3.63, 3.8) is 0 Å². The average molecular weight is 563 g/mol. The van der Waals surface area contributed by atoms with E-state index >= 15 is 0 Å². The van der Waals surface area contributed by atoms with Gasteiger partial charge in [0.25, 0.3) is 5.91 Å². The molecule has 4 rings (SSSR count). The molecule has 39 heavy (non-hydrogen) atoms. The van der Waals surface area contributed by atoms with Gasteiger partial charge in [-0.15, -0.1) is 11.8 Å². The van der Waals surface area contributed by atoms with Gasteiger partial charge in [0.15, 0.2) is 11.5 Å². The fraction of sp³-hybridized carbons (Fsp3) is 0.133. The van der Waals surface area contributed by atoms with Crippen LogP contribution in [0.4, 0.5) is 11.4 Å². The third-order valence-electron chi connectivity index (χ3n) is 5.75. The van der Waals surface area contributed by atoms with Crippen molar-refractivity contribution in [3.05, 3.63) is 107 Å². The third-order valence-corrected chi connectivity index (χ3v) is 7.23. The number of halogens is 1. The van der Waals surface area contributed by atoms with E-state index in [0.717, 1.165) is 10.5 Å². The zero-order chi connectivity index (χ0) is 27.8. The summed E-state index contributed by atoms with van der Waals surface area (Å²) >= 11 is 7.52. The number of ether oxygens (including phenoxy) is 3. The second kappa shape index (κ2) is 13.1. The number of methoxy groups -OCH3 is 3. The van der Waals surface area contributed by atoms with Gasteiger partial charge in [-0.2, -0.15) is 0 Å². The zero-order valence-corrected chi connectivity index (χ0v) is 23.1. The summed E-state index contributed by atoms with van der Waals surface area (Å²) in [4.78, 5) is 27.3. The molecule has 2 N–H and O–H groups in total. The van der Waals surface area contributed by atoms with E-state index in [4.69, 9.17) is 25.8 Å². The molecular formula is C30H27ClN2O5S. The molecule has 0 aliphatic carbocycles. The second-order valence-corrected chi connectivity index (χ2v) is 9.91. The van der Waals surface area contributed by atoms with Crippen LogP contribution in [0.1, 0.15) is 21.2 Å².